The molecule has 0 fully saturated rings. The molecule has 24 heavy (non-hydrogen) atoms. The predicted octanol–water partition coefficient (Wildman–Crippen LogP) is 2.24. The molecule has 6 nitrogen and oxygen atoms in total. The number of halogens is 1. The fraction of sp³-hybridized carbons (Fsp3) is 0.118. The maximum atomic E-state index is 13.6. The lowest BCUT2D eigenvalue weighted by Gasteiger charge is -2.12. The van der Waals surface area contributed by atoms with Gasteiger partial charge in [-0.25, -0.2) is 14.4 Å². The second-order valence-corrected chi connectivity index (χ2v) is 5.16. The Labute approximate surface area is 137 Å². The van der Waals surface area contributed by atoms with Crippen molar-refractivity contribution in [3.63, 3.8) is 0 Å². The van der Waals surface area contributed by atoms with Crippen LogP contribution in [0.25, 0.3) is 22.4 Å². The molecule has 122 valence electrons. The third kappa shape index (κ3) is 2.71. The summed E-state index contributed by atoms with van der Waals surface area (Å²) < 4.78 is 19.9. The summed E-state index contributed by atoms with van der Waals surface area (Å²) in [6, 6.07) is 9.19. The van der Waals surface area contributed by atoms with Crippen LogP contribution in [0.3, 0.4) is 0 Å². The molecule has 2 heterocycles. The number of aromatic nitrogens is 3. The van der Waals surface area contributed by atoms with Gasteiger partial charge in [-0.2, -0.15) is 0 Å². The fourth-order valence-electron chi connectivity index (χ4n) is 2.37. The Bertz CT molecular complexity index is 952. The van der Waals surface area contributed by atoms with Crippen LogP contribution >= 0.6 is 0 Å². The molecule has 1 aromatic carbocycles. The van der Waals surface area contributed by atoms with Gasteiger partial charge in [0.2, 0.25) is 11.8 Å². The number of anilines is 1. The van der Waals surface area contributed by atoms with Gasteiger partial charge in [-0.05, 0) is 18.2 Å². The van der Waals surface area contributed by atoms with Gasteiger partial charge in [-0.15, -0.1) is 0 Å². The highest BCUT2D eigenvalue weighted by molar-refractivity contribution is 5.80. The Hall–Kier alpha value is -3.22. The second-order valence-electron chi connectivity index (χ2n) is 5.16. The standard InChI is InChI=1S/C17H15FN4O2/c1-22-16(23)14(11-6-7-13(24-2)20-9-11)15(21-17(22)19)10-4-3-5-12(18)8-10/h3-9H,1-2H3,(H2,19,21). The molecule has 0 saturated carbocycles. The topological polar surface area (TPSA) is 83.0 Å². The zero-order valence-corrected chi connectivity index (χ0v) is 13.2. The Kier molecular flexibility index (Phi) is 3.99. The minimum Gasteiger partial charge on any atom is -0.481 e. The number of hydrogen-bond donors (Lipinski definition) is 1. The van der Waals surface area contributed by atoms with Crippen LogP contribution in [-0.2, 0) is 7.05 Å². The smallest absolute Gasteiger partial charge is 0.263 e. The summed E-state index contributed by atoms with van der Waals surface area (Å²) in [6.45, 7) is 0. The number of pyridine rings is 1. The van der Waals surface area contributed by atoms with E-state index in [1.807, 2.05) is 0 Å². The molecule has 0 aliphatic heterocycles. The molecule has 0 atom stereocenters. The number of benzene rings is 1. The van der Waals surface area contributed by atoms with E-state index in [1.165, 1.54) is 37.1 Å². The lowest BCUT2D eigenvalue weighted by Crippen LogP contribution is -2.24. The Morgan fingerprint density at radius 2 is 2.00 bits per heavy atom. The molecular weight excluding hydrogens is 311 g/mol. The Morgan fingerprint density at radius 3 is 2.62 bits per heavy atom. The first kappa shape index (κ1) is 15.7. The van der Waals surface area contributed by atoms with Crippen LogP contribution in [0.4, 0.5) is 10.3 Å². The van der Waals surface area contributed by atoms with Crippen LogP contribution in [0, 0.1) is 5.82 Å². The maximum absolute atomic E-state index is 13.6. The predicted molar refractivity (Wildman–Crippen MR) is 89.1 cm³/mol. The van der Waals surface area contributed by atoms with E-state index >= 15 is 0 Å². The highest BCUT2D eigenvalue weighted by atomic mass is 19.1. The van der Waals surface area contributed by atoms with Crippen molar-refractivity contribution in [1.29, 1.82) is 0 Å². The molecule has 0 aliphatic carbocycles. The first-order valence-electron chi connectivity index (χ1n) is 7.14. The van der Waals surface area contributed by atoms with Crippen LogP contribution in [0.2, 0.25) is 0 Å². The molecular formula is C17H15FN4O2. The van der Waals surface area contributed by atoms with Gasteiger partial charge < -0.3 is 10.5 Å². The third-order valence-electron chi connectivity index (χ3n) is 3.66. The van der Waals surface area contributed by atoms with Crippen molar-refractivity contribution in [2.45, 2.75) is 0 Å². The molecule has 0 bridgehead atoms. The highest BCUT2D eigenvalue weighted by Crippen LogP contribution is 2.29. The summed E-state index contributed by atoms with van der Waals surface area (Å²) in [4.78, 5) is 21.1. The van der Waals surface area contributed by atoms with Crippen molar-refractivity contribution in [3.8, 4) is 28.3 Å². The normalized spacial score (nSPS) is 10.6. The average Bonchev–Trinajstić information content (AvgIpc) is 2.59. The fourth-order valence-corrected chi connectivity index (χ4v) is 2.37. The quantitative estimate of drug-likeness (QED) is 0.798. The number of nitrogens with two attached hydrogens (primary N) is 1. The highest BCUT2D eigenvalue weighted by Gasteiger charge is 2.17. The summed E-state index contributed by atoms with van der Waals surface area (Å²) in [6.07, 6.45) is 1.51. The van der Waals surface area contributed by atoms with Crippen molar-refractivity contribution in [1.82, 2.24) is 14.5 Å². The number of nitrogen functional groups attached to an aromatic ring is 1. The molecule has 2 aromatic heterocycles. The van der Waals surface area contributed by atoms with Crippen LogP contribution in [0.5, 0.6) is 5.88 Å². The molecule has 0 saturated heterocycles. The summed E-state index contributed by atoms with van der Waals surface area (Å²) in [5.74, 6) is 0.0446. The zero-order valence-electron chi connectivity index (χ0n) is 13.2. The molecule has 2 N–H and O–H groups in total. The van der Waals surface area contributed by atoms with Gasteiger partial charge in [0.05, 0.1) is 18.4 Å². The number of hydrogen-bond acceptors (Lipinski definition) is 5. The van der Waals surface area contributed by atoms with Crippen molar-refractivity contribution in [3.05, 3.63) is 58.8 Å². The van der Waals surface area contributed by atoms with Gasteiger partial charge in [-0.1, -0.05) is 12.1 Å². The van der Waals surface area contributed by atoms with E-state index < -0.39 is 5.82 Å². The molecule has 7 heteroatoms. The minimum absolute atomic E-state index is 0.0458. The van der Waals surface area contributed by atoms with Crippen molar-refractivity contribution in [2.24, 2.45) is 7.05 Å². The molecule has 3 rings (SSSR count). The average molecular weight is 326 g/mol. The summed E-state index contributed by atoms with van der Waals surface area (Å²) in [7, 11) is 3.03. The number of nitrogens with zero attached hydrogens (tertiary/aromatic N) is 3. The number of methoxy groups -OCH3 is 1. The zero-order chi connectivity index (χ0) is 17.3. The van der Waals surface area contributed by atoms with E-state index in [2.05, 4.69) is 9.97 Å². The van der Waals surface area contributed by atoms with Gasteiger partial charge in [0, 0.05) is 30.4 Å². The van der Waals surface area contributed by atoms with Gasteiger partial charge in [0.15, 0.2) is 0 Å². The molecule has 0 aliphatic rings. The molecule has 0 unspecified atom stereocenters. The van der Waals surface area contributed by atoms with Gasteiger partial charge in [0.25, 0.3) is 5.56 Å². The van der Waals surface area contributed by atoms with Crippen LogP contribution in [0.15, 0.2) is 47.4 Å². The molecule has 0 radical (unpaired) electrons. The van der Waals surface area contributed by atoms with Crippen molar-refractivity contribution >= 4 is 5.95 Å². The van der Waals surface area contributed by atoms with Crippen LogP contribution < -0.4 is 16.0 Å². The Balaban J connectivity index is 2.30. The second kappa shape index (κ2) is 6.11. The van der Waals surface area contributed by atoms with Crippen molar-refractivity contribution < 1.29 is 9.13 Å². The summed E-state index contributed by atoms with van der Waals surface area (Å²) in [5, 5.41) is 0. The van der Waals surface area contributed by atoms with Gasteiger partial charge >= 0.3 is 0 Å². The summed E-state index contributed by atoms with van der Waals surface area (Å²) in [5.41, 5.74) is 7.09. The third-order valence-corrected chi connectivity index (χ3v) is 3.66. The van der Waals surface area contributed by atoms with Crippen LogP contribution in [0.1, 0.15) is 0 Å². The lowest BCUT2D eigenvalue weighted by atomic mass is 10.0. The Morgan fingerprint density at radius 1 is 1.21 bits per heavy atom. The number of rotatable bonds is 3. The first-order valence-corrected chi connectivity index (χ1v) is 7.14. The minimum atomic E-state index is -0.424. The first-order chi connectivity index (χ1) is 11.5. The van der Waals surface area contributed by atoms with E-state index in [0.717, 1.165) is 0 Å². The van der Waals surface area contributed by atoms with Crippen molar-refractivity contribution in [2.75, 3.05) is 12.8 Å². The van der Waals surface area contributed by atoms with E-state index in [1.54, 1.807) is 24.3 Å². The van der Waals surface area contributed by atoms with Gasteiger partial charge in [-0.3, -0.25) is 9.36 Å². The SMILES string of the molecule is COc1ccc(-c2c(-c3cccc(F)c3)nc(N)n(C)c2=O)cn1. The monoisotopic (exact) mass is 326 g/mol. The largest absolute Gasteiger partial charge is 0.481 e. The van der Waals surface area contributed by atoms with Crippen LogP contribution in [-0.4, -0.2) is 21.6 Å². The van der Waals surface area contributed by atoms with E-state index in [4.69, 9.17) is 10.5 Å². The van der Waals surface area contributed by atoms with E-state index in [-0.39, 0.29) is 11.5 Å². The molecule has 3 aromatic rings. The van der Waals surface area contributed by atoms with E-state index in [9.17, 15) is 9.18 Å². The molecule has 0 amide bonds. The molecule has 0 spiro atoms. The van der Waals surface area contributed by atoms with E-state index in [0.29, 0.717) is 28.3 Å². The summed E-state index contributed by atoms with van der Waals surface area (Å²) >= 11 is 0. The lowest BCUT2D eigenvalue weighted by molar-refractivity contribution is 0.398. The maximum Gasteiger partial charge on any atom is 0.263 e. The number of ether oxygens (including phenoxy) is 1. The van der Waals surface area contributed by atoms with Gasteiger partial charge in [0.1, 0.15) is 5.82 Å².